The first-order valence-corrected chi connectivity index (χ1v) is 7.42. The molecular weight excluding hydrogens is 351 g/mol. The average molecular weight is 364 g/mol. The predicted octanol–water partition coefficient (Wildman–Crippen LogP) is 1.75. The van der Waals surface area contributed by atoms with Crippen LogP contribution in [0.2, 0.25) is 0 Å². The van der Waals surface area contributed by atoms with Crippen molar-refractivity contribution in [3.8, 4) is 0 Å². The first-order valence-electron chi connectivity index (χ1n) is 5.47. The van der Waals surface area contributed by atoms with Gasteiger partial charge in [0.2, 0.25) is 5.91 Å². The molecule has 2 amide bonds. The van der Waals surface area contributed by atoms with Gasteiger partial charge in [0.1, 0.15) is 0 Å². The van der Waals surface area contributed by atoms with Crippen LogP contribution in [0.4, 0.5) is 0 Å². The van der Waals surface area contributed by atoms with Gasteiger partial charge in [0.25, 0.3) is 5.91 Å². The number of carbonyl (C=O) groups is 2. The molecule has 6 heteroatoms. The van der Waals surface area contributed by atoms with Crippen LogP contribution < -0.4 is 10.6 Å². The second-order valence-electron chi connectivity index (χ2n) is 3.99. The highest BCUT2D eigenvalue weighted by Crippen LogP contribution is 2.18. The molecule has 1 aromatic heterocycles. The van der Waals surface area contributed by atoms with Gasteiger partial charge >= 0.3 is 0 Å². The van der Waals surface area contributed by atoms with Crippen molar-refractivity contribution >= 4 is 45.7 Å². The average Bonchev–Trinajstić information content (AvgIpc) is 2.97. The van der Waals surface area contributed by atoms with Gasteiger partial charge in [-0.3, -0.25) is 9.59 Å². The maximum absolute atomic E-state index is 11.6. The minimum absolute atomic E-state index is 0.0210. The van der Waals surface area contributed by atoms with E-state index in [9.17, 15) is 9.59 Å². The molecule has 1 heterocycles. The lowest BCUT2D eigenvalue weighted by atomic mass is 10.3. The largest absolute Gasteiger partial charge is 0.353 e. The smallest absolute Gasteiger partial charge is 0.252 e. The Kier molecular flexibility index (Phi) is 4.38. The zero-order valence-corrected chi connectivity index (χ0v) is 12.1. The van der Waals surface area contributed by atoms with E-state index in [0.29, 0.717) is 24.6 Å². The standard InChI is InChI=1S/C11H13IN2O2S/c12-9-5-7(6-17-9)11(16)13-4-3-10(15)14-8-1-2-8/h5-6,8H,1-4H2,(H,13,16)(H,14,15). The summed E-state index contributed by atoms with van der Waals surface area (Å²) < 4.78 is 1.08. The molecule has 0 radical (unpaired) electrons. The summed E-state index contributed by atoms with van der Waals surface area (Å²) in [4.78, 5) is 23.0. The van der Waals surface area contributed by atoms with Crippen molar-refractivity contribution in [3.63, 3.8) is 0 Å². The Hall–Kier alpha value is -0.630. The molecule has 1 fully saturated rings. The molecule has 0 aromatic carbocycles. The highest BCUT2D eigenvalue weighted by molar-refractivity contribution is 14.1. The first-order chi connectivity index (χ1) is 8.15. The van der Waals surface area contributed by atoms with E-state index in [1.54, 1.807) is 0 Å². The number of carbonyl (C=O) groups excluding carboxylic acids is 2. The molecule has 1 aromatic rings. The van der Waals surface area contributed by atoms with Crippen LogP contribution in [0.3, 0.4) is 0 Å². The predicted molar refractivity (Wildman–Crippen MR) is 75.2 cm³/mol. The van der Waals surface area contributed by atoms with Gasteiger partial charge in [-0.1, -0.05) is 0 Å². The third-order valence-electron chi connectivity index (χ3n) is 2.41. The van der Waals surface area contributed by atoms with E-state index in [4.69, 9.17) is 0 Å². The molecular formula is C11H13IN2O2S. The van der Waals surface area contributed by atoms with E-state index in [1.165, 1.54) is 11.3 Å². The van der Waals surface area contributed by atoms with E-state index in [-0.39, 0.29) is 11.8 Å². The van der Waals surface area contributed by atoms with Crippen molar-refractivity contribution in [2.24, 2.45) is 0 Å². The SMILES string of the molecule is O=C(CCNC(=O)c1csc(I)c1)NC1CC1. The van der Waals surface area contributed by atoms with E-state index >= 15 is 0 Å². The summed E-state index contributed by atoms with van der Waals surface area (Å²) in [6.07, 6.45) is 2.53. The van der Waals surface area contributed by atoms with Crippen LogP contribution in [0.25, 0.3) is 0 Å². The Morgan fingerprint density at radius 2 is 2.24 bits per heavy atom. The summed E-state index contributed by atoms with van der Waals surface area (Å²) in [7, 11) is 0. The van der Waals surface area contributed by atoms with Gasteiger partial charge in [-0.05, 0) is 41.5 Å². The molecule has 2 rings (SSSR count). The maximum Gasteiger partial charge on any atom is 0.252 e. The summed E-state index contributed by atoms with van der Waals surface area (Å²) in [5, 5.41) is 7.44. The fraction of sp³-hybridized carbons (Fsp3) is 0.455. The molecule has 1 aliphatic carbocycles. The fourth-order valence-corrected chi connectivity index (χ4v) is 2.67. The molecule has 0 atom stereocenters. The lowest BCUT2D eigenvalue weighted by Gasteiger charge is -2.04. The van der Waals surface area contributed by atoms with Crippen molar-refractivity contribution in [1.29, 1.82) is 0 Å². The molecule has 1 saturated carbocycles. The second kappa shape index (κ2) is 5.81. The quantitative estimate of drug-likeness (QED) is 0.783. The summed E-state index contributed by atoms with van der Waals surface area (Å²) in [5.74, 6) is -0.0870. The fourth-order valence-electron chi connectivity index (χ4n) is 1.35. The van der Waals surface area contributed by atoms with Gasteiger partial charge < -0.3 is 10.6 Å². The molecule has 0 unspecified atom stereocenters. The minimum Gasteiger partial charge on any atom is -0.353 e. The molecule has 1 aliphatic rings. The van der Waals surface area contributed by atoms with Crippen LogP contribution in [0, 0.1) is 2.88 Å². The molecule has 0 bridgehead atoms. The van der Waals surface area contributed by atoms with Crippen molar-refractivity contribution in [2.75, 3.05) is 6.54 Å². The summed E-state index contributed by atoms with van der Waals surface area (Å²) in [6, 6.07) is 2.22. The molecule has 0 aliphatic heterocycles. The monoisotopic (exact) mass is 364 g/mol. The van der Waals surface area contributed by atoms with Gasteiger partial charge in [0, 0.05) is 24.4 Å². The zero-order valence-electron chi connectivity index (χ0n) is 9.16. The third kappa shape index (κ3) is 4.27. The van der Waals surface area contributed by atoms with Crippen molar-refractivity contribution in [2.45, 2.75) is 25.3 Å². The maximum atomic E-state index is 11.6. The Bertz CT molecular complexity index is 429. The number of hydrogen-bond donors (Lipinski definition) is 2. The summed E-state index contributed by atoms with van der Waals surface area (Å²) in [5.41, 5.74) is 0.669. The Balaban J connectivity index is 1.67. The lowest BCUT2D eigenvalue weighted by Crippen LogP contribution is -2.31. The van der Waals surface area contributed by atoms with E-state index in [2.05, 4.69) is 33.2 Å². The van der Waals surface area contributed by atoms with Crippen molar-refractivity contribution < 1.29 is 9.59 Å². The van der Waals surface area contributed by atoms with Crippen LogP contribution in [-0.2, 0) is 4.79 Å². The lowest BCUT2D eigenvalue weighted by molar-refractivity contribution is -0.121. The number of rotatable bonds is 5. The third-order valence-corrected chi connectivity index (χ3v) is 4.20. The highest BCUT2D eigenvalue weighted by Gasteiger charge is 2.22. The normalized spacial score (nSPS) is 14.4. The van der Waals surface area contributed by atoms with Crippen molar-refractivity contribution in [1.82, 2.24) is 10.6 Å². The summed E-state index contributed by atoms with van der Waals surface area (Å²) >= 11 is 3.71. The van der Waals surface area contributed by atoms with Gasteiger partial charge in [0.15, 0.2) is 0 Å². The van der Waals surface area contributed by atoms with Crippen LogP contribution in [0.5, 0.6) is 0 Å². The van der Waals surface area contributed by atoms with Crippen LogP contribution in [0.15, 0.2) is 11.4 Å². The molecule has 4 nitrogen and oxygen atoms in total. The van der Waals surface area contributed by atoms with Gasteiger partial charge in [0.05, 0.1) is 8.45 Å². The molecule has 17 heavy (non-hydrogen) atoms. The van der Waals surface area contributed by atoms with E-state index in [0.717, 1.165) is 15.7 Å². The highest BCUT2D eigenvalue weighted by atomic mass is 127. The number of thiophene rings is 1. The Labute approximate surface area is 117 Å². The van der Waals surface area contributed by atoms with Crippen LogP contribution >= 0.6 is 33.9 Å². The molecule has 92 valence electrons. The van der Waals surface area contributed by atoms with Crippen LogP contribution in [-0.4, -0.2) is 24.4 Å². The topological polar surface area (TPSA) is 58.2 Å². The molecule has 0 spiro atoms. The van der Waals surface area contributed by atoms with Gasteiger partial charge in [-0.25, -0.2) is 0 Å². The van der Waals surface area contributed by atoms with Gasteiger partial charge in [-0.15, -0.1) is 11.3 Å². The van der Waals surface area contributed by atoms with E-state index < -0.39 is 0 Å². The Morgan fingerprint density at radius 1 is 1.47 bits per heavy atom. The van der Waals surface area contributed by atoms with Crippen molar-refractivity contribution in [3.05, 3.63) is 19.9 Å². The minimum atomic E-state index is -0.108. The number of amides is 2. The van der Waals surface area contributed by atoms with Gasteiger partial charge in [-0.2, -0.15) is 0 Å². The first kappa shape index (κ1) is 12.8. The number of hydrogen-bond acceptors (Lipinski definition) is 3. The molecule has 0 saturated heterocycles. The number of nitrogens with one attached hydrogen (secondary N) is 2. The molecule has 2 N–H and O–H groups in total. The number of halogens is 1. The van der Waals surface area contributed by atoms with Crippen LogP contribution in [0.1, 0.15) is 29.6 Å². The zero-order chi connectivity index (χ0) is 12.3. The Morgan fingerprint density at radius 3 is 2.82 bits per heavy atom. The second-order valence-corrected chi connectivity index (χ2v) is 6.79. The van der Waals surface area contributed by atoms with E-state index in [1.807, 2.05) is 11.4 Å². The summed E-state index contributed by atoms with van der Waals surface area (Å²) in [6.45, 7) is 0.393.